The number of carboxylic acid groups (broad SMARTS) is 1. The van der Waals surface area contributed by atoms with E-state index in [0.717, 1.165) is 27.7 Å². The molecule has 0 bridgehead atoms. The van der Waals surface area contributed by atoms with Crippen LogP contribution in [-0.4, -0.2) is 97.4 Å². The van der Waals surface area contributed by atoms with E-state index >= 15 is 0 Å². The fourth-order valence-corrected chi connectivity index (χ4v) is 7.76. The van der Waals surface area contributed by atoms with Crippen molar-refractivity contribution in [1.29, 1.82) is 0 Å². The van der Waals surface area contributed by atoms with Gasteiger partial charge in [0.25, 0.3) is 10.1 Å². The van der Waals surface area contributed by atoms with Crippen LogP contribution in [0, 0.1) is 5.92 Å². The predicted octanol–water partition coefficient (Wildman–Crippen LogP) is 0.560. The Hall–Kier alpha value is -3.34. The first kappa shape index (κ1) is 27.7. The molecule has 3 amide bonds. The summed E-state index contributed by atoms with van der Waals surface area (Å²) in [4.78, 5) is 50.4. The lowest BCUT2D eigenvalue weighted by Gasteiger charge is -2.38. The molecule has 4 rings (SSSR count). The van der Waals surface area contributed by atoms with E-state index in [1.807, 2.05) is 0 Å². The molecule has 14 nitrogen and oxygen atoms in total. The summed E-state index contributed by atoms with van der Waals surface area (Å²) in [6.07, 6.45) is 2.36. The molecule has 4 unspecified atom stereocenters. The third-order valence-electron chi connectivity index (χ3n) is 6.50. The van der Waals surface area contributed by atoms with Crippen LogP contribution in [0.25, 0.3) is 0 Å². The van der Waals surface area contributed by atoms with E-state index < -0.39 is 83.2 Å². The van der Waals surface area contributed by atoms with Crippen LogP contribution < -0.4 is 5.32 Å². The molecule has 2 aliphatic heterocycles. The number of aromatic hydroxyl groups is 2. The number of benzene rings is 1. The van der Waals surface area contributed by atoms with Gasteiger partial charge >= 0.3 is 12.0 Å². The molecule has 17 heteroatoms. The van der Waals surface area contributed by atoms with Gasteiger partial charge < -0.3 is 20.6 Å². The molecule has 0 aromatic heterocycles. The zero-order valence-electron chi connectivity index (χ0n) is 19.2. The number of hydrogen-bond acceptors (Lipinski definition) is 10. The van der Waals surface area contributed by atoms with Crippen molar-refractivity contribution in [3.63, 3.8) is 0 Å². The lowest BCUT2D eigenvalue weighted by molar-refractivity contribution is -0.145. The number of nitrogens with one attached hydrogen (secondary N) is 1. The number of urea groups is 1. The summed E-state index contributed by atoms with van der Waals surface area (Å²) in [5.74, 6) is -5.70. The first-order chi connectivity index (χ1) is 17.7. The first-order valence-corrected chi connectivity index (χ1v) is 13.7. The molecule has 0 radical (unpaired) electrons. The molecule has 1 aromatic rings. The molecular weight excluding hydrogens is 568 g/mol. The number of rotatable bonds is 8. The maximum absolute atomic E-state index is 13.0. The summed E-state index contributed by atoms with van der Waals surface area (Å²) in [6.45, 7) is 3.56. The van der Waals surface area contributed by atoms with Gasteiger partial charge in [-0.05, 0) is 12.1 Å². The average Bonchev–Trinajstić information content (AvgIpc) is 3.38. The zero-order chi connectivity index (χ0) is 28.2. The van der Waals surface area contributed by atoms with Gasteiger partial charge in [0.1, 0.15) is 6.04 Å². The van der Waals surface area contributed by atoms with Gasteiger partial charge in [0, 0.05) is 47.0 Å². The highest BCUT2D eigenvalue weighted by Gasteiger charge is 2.67. The number of phenolic OH excluding ortho intramolecular Hbond substituents is 2. The van der Waals surface area contributed by atoms with Crippen LogP contribution >= 0.6 is 23.4 Å². The summed E-state index contributed by atoms with van der Waals surface area (Å²) in [7, 11) is -5.19. The van der Waals surface area contributed by atoms with Gasteiger partial charge in [0.15, 0.2) is 27.4 Å². The molecule has 5 atom stereocenters. The maximum atomic E-state index is 13.0. The number of thioether (sulfide) groups is 1. The SMILES string of the molecule is C=C/C=N\N1CCN([C@]2(C(=O)O)CC3C(=O)C(NC(=O)C(c4cc(O)c(O)cc4Cl)S(=O)(=O)O)C3S2)C1=O. The number of halogens is 1. The summed E-state index contributed by atoms with van der Waals surface area (Å²) in [6, 6.07) is -0.577. The number of carbonyl (C=O) groups excluding carboxylic acids is 3. The second-order valence-electron chi connectivity index (χ2n) is 8.69. The van der Waals surface area contributed by atoms with Crippen molar-refractivity contribution in [2.45, 2.75) is 27.8 Å². The number of aliphatic carboxylic acids is 1. The number of ketones is 1. The summed E-state index contributed by atoms with van der Waals surface area (Å²) in [5, 5.41) is 32.9. The molecule has 3 aliphatic rings. The second kappa shape index (κ2) is 9.76. The Bertz CT molecular complexity index is 1390. The van der Waals surface area contributed by atoms with Gasteiger partial charge in [-0.1, -0.05) is 18.2 Å². The minimum atomic E-state index is -5.19. The molecule has 38 heavy (non-hydrogen) atoms. The number of nitrogens with zero attached hydrogens (tertiary/aromatic N) is 3. The minimum absolute atomic E-state index is 0.00491. The Labute approximate surface area is 224 Å². The summed E-state index contributed by atoms with van der Waals surface area (Å²) < 4.78 is 33.9. The molecule has 1 aromatic carbocycles. The number of amides is 3. The van der Waals surface area contributed by atoms with Crippen LogP contribution in [0.1, 0.15) is 17.2 Å². The number of phenols is 2. The molecule has 3 fully saturated rings. The summed E-state index contributed by atoms with van der Waals surface area (Å²) in [5.41, 5.74) is -0.563. The quantitative estimate of drug-likeness (QED) is 0.161. The van der Waals surface area contributed by atoms with Crippen LogP contribution in [-0.2, 0) is 24.5 Å². The second-order valence-corrected chi connectivity index (χ2v) is 12.1. The molecule has 2 saturated heterocycles. The molecule has 2 heterocycles. The topological polar surface area (TPSA) is 214 Å². The number of carbonyl (C=O) groups is 4. The van der Waals surface area contributed by atoms with Crippen molar-refractivity contribution < 1.29 is 47.5 Å². The maximum Gasteiger partial charge on any atom is 0.342 e. The highest BCUT2D eigenvalue weighted by atomic mass is 35.5. The van der Waals surface area contributed by atoms with Gasteiger partial charge in [-0.15, -0.1) is 11.8 Å². The Morgan fingerprint density at radius 1 is 1.26 bits per heavy atom. The number of fused-ring (bicyclic) bond motifs is 1. The van der Waals surface area contributed by atoms with Crippen molar-refractivity contribution in [1.82, 2.24) is 15.2 Å². The van der Waals surface area contributed by atoms with Gasteiger partial charge in [-0.25, -0.2) is 14.6 Å². The highest BCUT2D eigenvalue weighted by molar-refractivity contribution is 8.02. The van der Waals surface area contributed by atoms with Crippen LogP contribution in [0.4, 0.5) is 4.79 Å². The zero-order valence-corrected chi connectivity index (χ0v) is 21.6. The van der Waals surface area contributed by atoms with E-state index in [9.17, 15) is 47.5 Å². The van der Waals surface area contributed by atoms with Crippen molar-refractivity contribution in [2.24, 2.45) is 11.0 Å². The molecule has 204 valence electrons. The van der Waals surface area contributed by atoms with Crippen molar-refractivity contribution in [2.75, 3.05) is 13.1 Å². The molecule has 1 saturated carbocycles. The number of hydrogen-bond donors (Lipinski definition) is 5. The van der Waals surface area contributed by atoms with Crippen molar-refractivity contribution in [3.8, 4) is 11.5 Å². The average molecular weight is 589 g/mol. The first-order valence-electron chi connectivity index (χ1n) is 10.9. The van der Waals surface area contributed by atoms with Crippen LogP contribution in [0.2, 0.25) is 5.02 Å². The van der Waals surface area contributed by atoms with Crippen molar-refractivity contribution >= 4 is 63.4 Å². The normalized spacial score (nSPS) is 27.8. The summed E-state index contributed by atoms with van der Waals surface area (Å²) >= 11 is 6.71. The largest absolute Gasteiger partial charge is 0.504 e. The molecular formula is C21H21ClN4O10S2. The Morgan fingerprint density at radius 3 is 2.53 bits per heavy atom. The number of Topliss-reactive ketones (excluding diaryl/α,β-unsaturated/α-hetero) is 1. The van der Waals surface area contributed by atoms with E-state index in [-0.39, 0.29) is 19.5 Å². The predicted molar refractivity (Wildman–Crippen MR) is 133 cm³/mol. The van der Waals surface area contributed by atoms with Crippen LogP contribution in [0.15, 0.2) is 29.9 Å². The van der Waals surface area contributed by atoms with Gasteiger partial charge in [-0.2, -0.15) is 13.5 Å². The van der Waals surface area contributed by atoms with E-state index in [1.54, 1.807) is 0 Å². The van der Waals surface area contributed by atoms with E-state index in [1.165, 1.54) is 12.3 Å². The number of carboxylic acids is 1. The number of allylic oxidation sites excluding steroid dienone is 1. The standard InChI is InChI=1S/C21H21ClN4O10S2/c1-2-3-23-26-5-4-25(20(26)33)21(19(31)32)8-10-15(29)14(16(10)37-21)24-18(30)17(38(34,35)36)9-6-12(27)13(28)7-11(9)22/h2-3,6-7,10,14,16-17,27-28H,1,4-5,8H2,(H,24,30)(H,31,32)(H,34,35,36)/b23-3-/t10?,14?,16?,17?,21-/m1/s1. The fourth-order valence-electron chi connectivity index (χ4n) is 4.72. The van der Waals surface area contributed by atoms with Gasteiger partial charge in [-0.3, -0.25) is 19.0 Å². The Kier molecular flexibility index (Phi) is 7.11. The lowest BCUT2D eigenvalue weighted by atomic mass is 9.74. The van der Waals surface area contributed by atoms with Crippen LogP contribution in [0.5, 0.6) is 11.5 Å². The van der Waals surface area contributed by atoms with Crippen LogP contribution in [0.3, 0.4) is 0 Å². The van der Waals surface area contributed by atoms with Gasteiger partial charge in [0.2, 0.25) is 5.91 Å². The van der Waals surface area contributed by atoms with E-state index in [2.05, 4.69) is 17.0 Å². The third-order valence-corrected chi connectivity index (χ3v) is 9.72. The monoisotopic (exact) mass is 588 g/mol. The minimum Gasteiger partial charge on any atom is -0.504 e. The van der Waals surface area contributed by atoms with E-state index in [4.69, 9.17) is 11.6 Å². The Balaban J connectivity index is 1.58. The fraction of sp³-hybridized carbons (Fsp3) is 0.381. The van der Waals surface area contributed by atoms with Gasteiger partial charge in [0.05, 0.1) is 6.54 Å². The highest BCUT2D eigenvalue weighted by Crippen LogP contribution is 2.56. The third kappa shape index (κ3) is 4.46. The Morgan fingerprint density at radius 2 is 1.92 bits per heavy atom. The molecule has 5 N–H and O–H groups in total. The molecule has 1 aliphatic carbocycles. The number of hydrazone groups is 1. The molecule has 0 spiro atoms. The van der Waals surface area contributed by atoms with Crippen molar-refractivity contribution in [3.05, 3.63) is 35.4 Å². The smallest absolute Gasteiger partial charge is 0.342 e. The lowest BCUT2D eigenvalue weighted by Crippen LogP contribution is -2.62. The van der Waals surface area contributed by atoms with E-state index in [0.29, 0.717) is 6.07 Å².